The van der Waals surface area contributed by atoms with Crippen molar-refractivity contribution in [1.82, 2.24) is 9.80 Å². The summed E-state index contributed by atoms with van der Waals surface area (Å²) in [6.45, 7) is 1.57. The normalized spacial score (nSPS) is 26.5. The molecule has 28 heavy (non-hydrogen) atoms. The van der Waals surface area contributed by atoms with E-state index in [2.05, 4.69) is 24.3 Å². The summed E-state index contributed by atoms with van der Waals surface area (Å²) in [5, 5.41) is 0. The van der Waals surface area contributed by atoms with Gasteiger partial charge in [0.25, 0.3) is 0 Å². The first-order valence-electron chi connectivity index (χ1n) is 11.0. The molecule has 1 aromatic rings. The molecule has 0 aromatic heterocycles. The van der Waals surface area contributed by atoms with Gasteiger partial charge in [-0.25, -0.2) is 4.79 Å². The Bertz CT molecular complexity index is 672. The van der Waals surface area contributed by atoms with Crippen LogP contribution < -0.4 is 0 Å². The van der Waals surface area contributed by atoms with E-state index >= 15 is 0 Å². The van der Waals surface area contributed by atoms with Gasteiger partial charge < -0.3 is 14.5 Å². The summed E-state index contributed by atoms with van der Waals surface area (Å²) < 4.78 is 5.83. The van der Waals surface area contributed by atoms with Crippen LogP contribution in [0.25, 0.3) is 0 Å². The number of carbonyl (C=O) groups is 2. The minimum atomic E-state index is -0.356. The molecule has 2 amide bonds. The molecule has 4 rings (SSSR count). The summed E-state index contributed by atoms with van der Waals surface area (Å²) in [6.07, 6.45) is 9.17. The fourth-order valence-electron chi connectivity index (χ4n) is 5.16. The molecule has 3 aliphatic rings. The second-order valence-corrected chi connectivity index (χ2v) is 8.52. The van der Waals surface area contributed by atoms with Crippen molar-refractivity contribution in [3.63, 3.8) is 0 Å². The molecule has 5 heteroatoms. The highest BCUT2D eigenvalue weighted by atomic mass is 16.6. The van der Waals surface area contributed by atoms with Gasteiger partial charge in [0.2, 0.25) is 5.91 Å². The van der Waals surface area contributed by atoms with Crippen LogP contribution in [0.15, 0.2) is 30.3 Å². The second kappa shape index (κ2) is 8.97. The van der Waals surface area contributed by atoms with E-state index in [9.17, 15) is 9.59 Å². The molecule has 0 N–H and O–H groups in total. The van der Waals surface area contributed by atoms with Crippen LogP contribution in [0, 0.1) is 5.92 Å². The van der Waals surface area contributed by atoms with E-state index in [4.69, 9.17) is 4.74 Å². The Hall–Kier alpha value is -2.04. The minimum Gasteiger partial charge on any atom is -0.425 e. The molecule has 3 atom stereocenters. The van der Waals surface area contributed by atoms with E-state index in [0.717, 1.165) is 64.5 Å². The Morgan fingerprint density at radius 3 is 2.57 bits per heavy atom. The first kappa shape index (κ1) is 19.3. The van der Waals surface area contributed by atoms with Crippen LogP contribution in [0.2, 0.25) is 0 Å². The van der Waals surface area contributed by atoms with Gasteiger partial charge in [0.15, 0.2) is 6.23 Å². The highest BCUT2D eigenvalue weighted by Gasteiger charge is 2.47. The number of hydrogen-bond acceptors (Lipinski definition) is 3. The number of hydrogen-bond donors (Lipinski definition) is 0. The Kier molecular flexibility index (Phi) is 6.18. The standard InChI is InChI=1S/C23H32N2O3/c26-21(14-5-4-11-18-9-2-1-3-10-18)25-20-13-8-12-19(20)17-22(25)28-23(27)24-15-6-7-16-24/h1-3,9-10,19-20,22H,4-8,11-17H2/t19-,20-,22-/m0/s1. The number of carbonyl (C=O) groups excluding carboxylic acids is 2. The molecule has 1 saturated carbocycles. The third-order valence-corrected chi connectivity index (χ3v) is 6.63. The molecule has 5 nitrogen and oxygen atoms in total. The van der Waals surface area contributed by atoms with Crippen molar-refractivity contribution in [2.75, 3.05) is 13.1 Å². The highest BCUT2D eigenvalue weighted by molar-refractivity contribution is 5.78. The van der Waals surface area contributed by atoms with Crippen LogP contribution >= 0.6 is 0 Å². The van der Waals surface area contributed by atoms with E-state index < -0.39 is 0 Å². The molecule has 2 aliphatic heterocycles. The van der Waals surface area contributed by atoms with Crippen LogP contribution in [0.5, 0.6) is 0 Å². The van der Waals surface area contributed by atoms with Crippen molar-refractivity contribution >= 4 is 12.0 Å². The van der Waals surface area contributed by atoms with Crippen molar-refractivity contribution < 1.29 is 14.3 Å². The number of ether oxygens (including phenoxy) is 1. The Balaban J connectivity index is 1.31. The van der Waals surface area contributed by atoms with Gasteiger partial charge in [-0.1, -0.05) is 36.8 Å². The van der Waals surface area contributed by atoms with Crippen molar-refractivity contribution in [1.29, 1.82) is 0 Å². The smallest absolute Gasteiger partial charge is 0.411 e. The summed E-state index contributed by atoms with van der Waals surface area (Å²) in [7, 11) is 0. The molecule has 0 bridgehead atoms. The summed E-state index contributed by atoms with van der Waals surface area (Å²) in [5.74, 6) is 0.673. The number of unbranched alkanes of at least 4 members (excludes halogenated alkanes) is 1. The van der Waals surface area contributed by atoms with Gasteiger partial charge in [0.05, 0.1) is 0 Å². The maximum Gasteiger partial charge on any atom is 0.411 e. The minimum absolute atomic E-state index is 0.168. The molecule has 0 spiro atoms. The zero-order chi connectivity index (χ0) is 19.3. The second-order valence-electron chi connectivity index (χ2n) is 8.52. The molecule has 2 heterocycles. The third-order valence-electron chi connectivity index (χ3n) is 6.63. The largest absolute Gasteiger partial charge is 0.425 e. The van der Waals surface area contributed by atoms with Crippen molar-refractivity contribution in [3.8, 4) is 0 Å². The number of likely N-dealkylation sites (tertiary alicyclic amines) is 2. The number of fused-ring (bicyclic) bond motifs is 1. The Morgan fingerprint density at radius 2 is 1.79 bits per heavy atom. The number of amides is 2. The van der Waals surface area contributed by atoms with Gasteiger partial charge in [-0.3, -0.25) is 4.79 Å². The number of benzene rings is 1. The van der Waals surface area contributed by atoms with Gasteiger partial charge in [0, 0.05) is 32.0 Å². The van der Waals surface area contributed by atoms with Crippen molar-refractivity contribution in [3.05, 3.63) is 35.9 Å². The molecule has 0 unspecified atom stereocenters. The van der Waals surface area contributed by atoms with E-state index in [1.165, 1.54) is 12.0 Å². The van der Waals surface area contributed by atoms with Crippen LogP contribution in [-0.4, -0.2) is 47.2 Å². The maximum absolute atomic E-state index is 13.0. The molecule has 0 radical (unpaired) electrons. The molecular formula is C23H32N2O3. The summed E-state index contributed by atoms with van der Waals surface area (Å²) in [5.41, 5.74) is 1.32. The maximum atomic E-state index is 13.0. The topological polar surface area (TPSA) is 49.9 Å². The lowest BCUT2D eigenvalue weighted by molar-refractivity contribution is -0.141. The van der Waals surface area contributed by atoms with E-state index in [-0.39, 0.29) is 24.3 Å². The van der Waals surface area contributed by atoms with Crippen LogP contribution in [0.3, 0.4) is 0 Å². The third kappa shape index (κ3) is 4.34. The summed E-state index contributed by atoms with van der Waals surface area (Å²) >= 11 is 0. The molecule has 1 aromatic carbocycles. The lowest BCUT2D eigenvalue weighted by Crippen LogP contribution is -2.45. The summed E-state index contributed by atoms with van der Waals surface area (Å²) in [6, 6.07) is 10.7. The Labute approximate surface area is 168 Å². The van der Waals surface area contributed by atoms with Gasteiger partial charge in [0.1, 0.15) is 0 Å². The molecular weight excluding hydrogens is 352 g/mol. The van der Waals surface area contributed by atoms with Gasteiger partial charge in [-0.05, 0) is 56.4 Å². The van der Waals surface area contributed by atoms with E-state index in [1.54, 1.807) is 4.90 Å². The quantitative estimate of drug-likeness (QED) is 0.685. The van der Waals surface area contributed by atoms with Gasteiger partial charge in [-0.15, -0.1) is 0 Å². The Morgan fingerprint density at radius 1 is 1.00 bits per heavy atom. The van der Waals surface area contributed by atoms with Crippen molar-refractivity contribution in [2.45, 2.75) is 76.5 Å². The fourth-order valence-corrected chi connectivity index (χ4v) is 5.16. The van der Waals surface area contributed by atoms with Crippen LogP contribution in [0.1, 0.15) is 63.4 Å². The number of nitrogens with zero attached hydrogens (tertiary/aromatic N) is 2. The van der Waals surface area contributed by atoms with Crippen LogP contribution in [-0.2, 0) is 16.0 Å². The lowest BCUT2D eigenvalue weighted by atomic mass is 10.0. The predicted octanol–water partition coefficient (Wildman–Crippen LogP) is 4.36. The number of rotatable bonds is 6. The van der Waals surface area contributed by atoms with Crippen molar-refractivity contribution in [2.24, 2.45) is 5.92 Å². The average molecular weight is 385 g/mol. The number of aryl methyl sites for hydroxylation is 1. The monoisotopic (exact) mass is 384 g/mol. The van der Waals surface area contributed by atoms with Crippen LogP contribution in [0.4, 0.5) is 4.79 Å². The summed E-state index contributed by atoms with van der Waals surface area (Å²) in [4.78, 5) is 29.2. The zero-order valence-corrected chi connectivity index (χ0v) is 16.7. The fraction of sp³-hybridized carbons (Fsp3) is 0.652. The first-order chi connectivity index (χ1) is 13.7. The molecule has 2 saturated heterocycles. The van der Waals surface area contributed by atoms with E-state index in [1.807, 2.05) is 11.0 Å². The average Bonchev–Trinajstić information content (AvgIpc) is 3.43. The van der Waals surface area contributed by atoms with Gasteiger partial charge in [-0.2, -0.15) is 0 Å². The SMILES string of the molecule is O=C(O[C@H]1C[C@@H]2CCC[C@@H]2N1C(=O)CCCCc1ccccc1)N1CCCC1. The molecule has 3 fully saturated rings. The lowest BCUT2D eigenvalue weighted by Gasteiger charge is -2.30. The highest BCUT2D eigenvalue weighted by Crippen LogP contribution is 2.42. The first-order valence-corrected chi connectivity index (χ1v) is 11.0. The van der Waals surface area contributed by atoms with Gasteiger partial charge >= 0.3 is 6.09 Å². The van der Waals surface area contributed by atoms with E-state index in [0.29, 0.717) is 12.3 Å². The predicted molar refractivity (Wildman–Crippen MR) is 108 cm³/mol. The zero-order valence-electron chi connectivity index (χ0n) is 16.7. The molecule has 152 valence electrons. The molecule has 1 aliphatic carbocycles.